The van der Waals surface area contributed by atoms with Crippen LogP contribution in [0.25, 0.3) is 0 Å². The number of rotatable bonds is 3. The van der Waals surface area contributed by atoms with E-state index in [4.69, 9.17) is 11.6 Å². The number of anilines is 1. The lowest BCUT2D eigenvalue weighted by molar-refractivity contribution is 0.978. The van der Waals surface area contributed by atoms with Crippen molar-refractivity contribution in [1.29, 1.82) is 0 Å². The molecule has 0 aliphatic rings. The standard InChI is InChI=1S/C6H6ClN5S/c7-5-6(12-13-11-5)8-3-4-1-2-9-10-4/h1-2H,3H2,(H,8,12)(H,9,10). The molecule has 0 spiro atoms. The van der Waals surface area contributed by atoms with Crippen LogP contribution in [0.15, 0.2) is 12.3 Å². The van der Waals surface area contributed by atoms with Crippen LogP contribution in [0.2, 0.25) is 5.15 Å². The topological polar surface area (TPSA) is 66.5 Å². The van der Waals surface area contributed by atoms with Gasteiger partial charge in [0.1, 0.15) is 0 Å². The average molecular weight is 216 g/mol. The first-order valence-corrected chi connectivity index (χ1v) is 4.67. The number of aromatic amines is 1. The lowest BCUT2D eigenvalue weighted by Gasteiger charge is -1.98. The van der Waals surface area contributed by atoms with Gasteiger partial charge in [-0.3, -0.25) is 5.10 Å². The summed E-state index contributed by atoms with van der Waals surface area (Å²) >= 11 is 6.81. The van der Waals surface area contributed by atoms with Crippen molar-refractivity contribution in [2.75, 3.05) is 5.32 Å². The molecule has 68 valence electrons. The molecule has 2 N–H and O–H groups in total. The van der Waals surface area contributed by atoms with Gasteiger partial charge < -0.3 is 5.32 Å². The van der Waals surface area contributed by atoms with Crippen molar-refractivity contribution in [2.45, 2.75) is 6.54 Å². The van der Waals surface area contributed by atoms with Crippen molar-refractivity contribution in [2.24, 2.45) is 0 Å². The average Bonchev–Trinajstić information content (AvgIpc) is 2.72. The summed E-state index contributed by atoms with van der Waals surface area (Å²) in [5, 5.41) is 10.1. The molecule has 0 unspecified atom stereocenters. The first-order valence-electron chi connectivity index (χ1n) is 3.56. The van der Waals surface area contributed by atoms with Crippen molar-refractivity contribution in [1.82, 2.24) is 18.9 Å². The van der Waals surface area contributed by atoms with Crippen molar-refractivity contribution in [3.63, 3.8) is 0 Å². The Balaban J connectivity index is 1.97. The molecule has 0 aliphatic carbocycles. The van der Waals surface area contributed by atoms with Crippen LogP contribution in [0.1, 0.15) is 5.69 Å². The normalized spacial score (nSPS) is 10.2. The van der Waals surface area contributed by atoms with Crippen molar-refractivity contribution < 1.29 is 0 Å². The second-order valence-electron chi connectivity index (χ2n) is 2.34. The van der Waals surface area contributed by atoms with Gasteiger partial charge in [-0.05, 0) is 6.07 Å². The highest BCUT2D eigenvalue weighted by Crippen LogP contribution is 2.17. The molecule has 13 heavy (non-hydrogen) atoms. The Kier molecular flexibility index (Phi) is 2.42. The molecule has 0 atom stereocenters. The summed E-state index contributed by atoms with van der Waals surface area (Å²) in [6, 6.07) is 1.88. The fourth-order valence-electron chi connectivity index (χ4n) is 0.845. The number of nitrogens with one attached hydrogen (secondary N) is 2. The van der Waals surface area contributed by atoms with E-state index >= 15 is 0 Å². The Morgan fingerprint density at radius 1 is 1.54 bits per heavy atom. The molecule has 2 rings (SSSR count). The number of aromatic nitrogens is 4. The molecular formula is C6H6ClN5S. The molecule has 0 saturated heterocycles. The monoisotopic (exact) mass is 215 g/mol. The Labute approximate surface area is 83.5 Å². The third kappa shape index (κ3) is 1.96. The van der Waals surface area contributed by atoms with Gasteiger partial charge >= 0.3 is 0 Å². The van der Waals surface area contributed by atoms with Crippen molar-refractivity contribution in [3.05, 3.63) is 23.1 Å². The molecule has 0 aliphatic heterocycles. The van der Waals surface area contributed by atoms with E-state index in [2.05, 4.69) is 24.3 Å². The van der Waals surface area contributed by atoms with Crippen LogP contribution in [0.5, 0.6) is 0 Å². The van der Waals surface area contributed by atoms with Gasteiger partial charge in [-0.2, -0.15) is 13.8 Å². The molecule has 0 saturated carbocycles. The molecular weight excluding hydrogens is 210 g/mol. The number of H-pyrrole nitrogens is 1. The SMILES string of the molecule is Clc1nsnc1NCc1ccn[nH]1. The summed E-state index contributed by atoms with van der Waals surface area (Å²) in [6.07, 6.45) is 1.69. The second-order valence-corrected chi connectivity index (χ2v) is 3.23. The first kappa shape index (κ1) is 8.46. The largest absolute Gasteiger partial charge is 0.361 e. The van der Waals surface area contributed by atoms with Gasteiger partial charge in [0.15, 0.2) is 11.0 Å². The van der Waals surface area contributed by atoms with Crippen LogP contribution in [-0.2, 0) is 6.54 Å². The molecule has 0 fully saturated rings. The van der Waals surface area contributed by atoms with Crippen LogP contribution < -0.4 is 5.32 Å². The maximum absolute atomic E-state index is 5.73. The van der Waals surface area contributed by atoms with Crippen LogP contribution >= 0.6 is 23.3 Å². The molecule has 2 heterocycles. The Morgan fingerprint density at radius 3 is 3.08 bits per heavy atom. The summed E-state index contributed by atoms with van der Waals surface area (Å²) in [5.74, 6) is 0.612. The Bertz CT molecular complexity index is 370. The summed E-state index contributed by atoms with van der Waals surface area (Å²) < 4.78 is 7.79. The van der Waals surface area contributed by atoms with Crippen molar-refractivity contribution >= 4 is 29.1 Å². The van der Waals surface area contributed by atoms with Crippen LogP contribution in [-0.4, -0.2) is 18.9 Å². The Morgan fingerprint density at radius 2 is 2.46 bits per heavy atom. The zero-order chi connectivity index (χ0) is 9.10. The summed E-state index contributed by atoms with van der Waals surface area (Å²) in [5.41, 5.74) is 0.976. The fraction of sp³-hybridized carbons (Fsp3) is 0.167. The van der Waals surface area contributed by atoms with Crippen LogP contribution in [0, 0.1) is 0 Å². The second kappa shape index (κ2) is 3.71. The number of hydrogen-bond acceptors (Lipinski definition) is 5. The van der Waals surface area contributed by atoms with E-state index in [0.29, 0.717) is 17.5 Å². The molecule has 5 nitrogen and oxygen atoms in total. The zero-order valence-corrected chi connectivity index (χ0v) is 8.06. The lowest BCUT2D eigenvalue weighted by Crippen LogP contribution is -2.00. The smallest absolute Gasteiger partial charge is 0.186 e. The maximum atomic E-state index is 5.73. The fourth-order valence-corrected chi connectivity index (χ4v) is 1.53. The highest BCUT2D eigenvalue weighted by molar-refractivity contribution is 6.99. The molecule has 0 radical (unpaired) electrons. The number of nitrogens with zero attached hydrogens (tertiary/aromatic N) is 3. The van der Waals surface area contributed by atoms with Crippen molar-refractivity contribution in [3.8, 4) is 0 Å². The van der Waals surface area contributed by atoms with Gasteiger partial charge in [0.25, 0.3) is 0 Å². The van der Waals surface area contributed by atoms with E-state index < -0.39 is 0 Å². The molecule has 7 heteroatoms. The minimum absolute atomic E-state index is 0.407. The predicted octanol–water partition coefficient (Wildman–Crippen LogP) is 1.53. The lowest BCUT2D eigenvalue weighted by atomic mass is 10.4. The molecule has 2 aromatic heterocycles. The highest BCUT2D eigenvalue weighted by Gasteiger charge is 2.03. The predicted molar refractivity (Wildman–Crippen MR) is 50.8 cm³/mol. The quantitative estimate of drug-likeness (QED) is 0.815. The van der Waals surface area contributed by atoms with E-state index in [1.54, 1.807) is 6.20 Å². The molecule has 0 aromatic carbocycles. The summed E-state index contributed by atoms with van der Waals surface area (Å²) in [7, 11) is 0. The molecule has 2 aromatic rings. The van der Waals surface area contributed by atoms with Crippen LogP contribution in [0.4, 0.5) is 5.82 Å². The molecule has 0 amide bonds. The minimum atomic E-state index is 0.407. The minimum Gasteiger partial charge on any atom is -0.361 e. The number of hydrogen-bond donors (Lipinski definition) is 2. The molecule has 0 bridgehead atoms. The van der Waals surface area contributed by atoms with E-state index in [1.807, 2.05) is 6.07 Å². The van der Waals surface area contributed by atoms with Crippen LogP contribution in [0.3, 0.4) is 0 Å². The summed E-state index contributed by atoms with van der Waals surface area (Å²) in [4.78, 5) is 0. The zero-order valence-electron chi connectivity index (χ0n) is 6.49. The third-order valence-corrected chi connectivity index (χ3v) is 2.35. The van der Waals surface area contributed by atoms with Gasteiger partial charge in [-0.25, -0.2) is 0 Å². The number of halogens is 1. The van der Waals surface area contributed by atoms with Gasteiger partial charge in [-0.1, -0.05) is 11.6 Å². The van der Waals surface area contributed by atoms with E-state index in [1.165, 1.54) is 0 Å². The van der Waals surface area contributed by atoms with Gasteiger partial charge in [0, 0.05) is 6.20 Å². The van der Waals surface area contributed by atoms with Gasteiger partial charge in [0.05, 0.1) is 24.0 Å². The van der Waals surface area contributed by atoms with Gasteiger partial charge in [-0.15, -0.1) is 0 Å². The van der Waals surface area contributed by atoms with E-state index in [9.17, 15) is 0 Å². The maximum Gasteiger partial charge on any atom is 0.186 e. The third-order valence-electron chi connectivity index (χ3n) is 1.45. The first-order chi connectivity index (χ1) is 6.36. The van der Waals surface area contributed by atoms with E-state index in [0.717, 1.165) is 17.4 Å². The highest BCUT2D eigenvalue weighted by atomic mass is 35.5. The Hall–Kier alpha value is -1.14. The van der Waals surface area contributed by atoms with Gasteiger partial charge in [0.2, 0.25) is 0 Å². The van der Waals surface area contributed by atoms with E-state index in [-0.39, 0.29) is 0 Å². The summed E-state index contributed by atoms with van der Waals surface area (Å²) in [6.45, 7) is 0.616.